The zero-order valence-corrected chi connectivity index (χ0v) is 15.3. The van der Waals surface area contributed by atoms with Crippen molar-refractivity contribution in [1.82, 2.24) is 20.8 Å². The fourth-order valence-corrected chi connectivity index (χ4v) is 2.33. The summed E-state index contributed by atoms with van der Waals surface area (Å²) in [5, 5.41) is 22.5. The SMILES string of the molecule is O=C(NNc1ncnc(NNC(=O)c2ccccc2[N+](=O)[O-])c1[N+](=O)[O-])c1ccco1. The van der Waals surface area contributed by atoms with Crippen molar-refractivity contribution in [2.75, 3.05) is 10.9 Å². The van der Waals surface area contributed by atoms with E-state index in [9.17, 15) is 29.8 Å². The molecule has 0 unspecified atom stereocenters. The number of benzene rings is 1. The van der Waals surface area contributed by atoms with E-state index in [1.807, 2.05) is 0 Å². The standard InChI is InChI=1S/C16H12N8O7/c25-15(9-4-1-2-5-10(9)23(27)28)21-19-13-12(24(29)30)14(18-8-17-13)20-22-16(26)11-6-3-7-31-11/h1-8H,(H,21,25)(H,22,26)(H2,17,18,19,20). The molecule has 2 amide bonds. The highest BCUT2D eigenvalue weighted by atomic mass is 16.6. The molecule has 0 atom stereocenters. The molecule has 0 saturated carbocycles. The molecule has 15 heteroatoms. The van der Waals surface area contributed by atoms with E-state index in [0.717, 1.165) is 12.4 Å². The molecular weight excluding hydrogens is 416 g/mol. The lowest BCUT2D eigenvalue weighted by Crippen LogP contribution is -2.32. The number of furan rings is 1. The highest BCUT2D eigenvalue weighted by Gasteiger charge is 2.25. The van der Waals surface area contributed by atoms with Crippen LogP contribution in [0.3, 0.4) is 0 Å². The number of hydrogen-bond acceptors (Lipinski definition) is 11. The Bertz CT molecular complexity index is 1150. The fourth-order valence-electron chi connectivity index (χ4n) is 2.33. The number of nitrogens with zero attached hydrogens (tertiary/aromatic N) is 4. The highest BCUT2D eigenvalue weighted by molar-refractivity contribution is 5.98. The van der Waals surface area contributed by atoms with Crippen LogP contribution in [0.15, 0.2) is 53.4 Å². The Morgan fingerprint density at radius 3 is 2.10 bits per heavy atom. The molecule has 158 valence electrons. The molecule has 0 saturated heterocycles. The summed E-state index contributed by atoms with van der Waals surface area (Å²) < 4.78 is 4.89. The maximum absolute atomic E-state index is 12.3. The van der Waals surface area contributed by atoms with Crippen LogP contribution in [0.2, 0.25) is 0 Å². The number of hydrazine groups is 2. The van der Waals surface area contributed by atoms with E-state index in [-0.39, 0.29) is 11.3 Å². The Morgan fingerprint density at radius 2 is 1.52 bits per heavy atom. The molecule has 0 bridgehead atoms. The molecule has 0 spiro atoms. The number of nitro benzene ring substituents is 1. The van der Waals surface area contributed by atoms with Crippen LogP contribution < -0.4 is 21.7 Å². The minimum absolute atomic E-state index is 0.0562. The molecular formula is C16H12N8O7. The molecule has 3 rings (SSSR count). The second-order valence-electron chi connectivity index (χ2n) is 5.59. The van der Waals surface area contributed by atoms with Gasteiger partial charge in [0.05, 0.1) is 16.1 Å². The summed E-state index contributed by atoms with van der Waals surface area (Å²) in [7, 11) is 0. The van der Waals surface area contributed by atoms with Gasteiger partial charge < -0.3 is 4.42 Å². The van der Waals surface area contributed by atoms with Crippen LogP contribution in [0.4, 0.5) is 23.0 Å². The van der Waals surface area contributed by atoms with Crippen LogP contribution >= 0.6 is 0 Å². The molecule has 0 aliphatic rings. The van der Waals surface area contributed by atoms with Gasteiger partial charge >= 0.3 is 11.6 Å². The number of nitrogens with one attached hydrogen (secondary N) is 4. The van der Waals surface area contributed by atoms with Crippen LogP contribution in [0, 0.1) is 20.2 Å². The smallest absolute Gasteiger partial charge is 0.356 e. The number of carbonyl (C=O) groups excluding carboxylic acids is 2. The van der Waals surface area contributed by atoms with Gasteiger partial charge in [-0.3, -0.25) is 51.5 Å². The van der Waals surface area contributed by atoms with Crippen LogP contribution in [0.1, 0.15) is 20.9 Å². The first-order valence-corrected chi connectivity index (χ1v) is 8.27. The number of nitro groups is 2. The summed E-state index contributed by atoms with van der Waals surface area (Å²) >= 11 is 0. The van der Waals surface area contributed by atoms with Gasteiger partial charge in [-0.05, 0) is 18.2 Å². The fraction of sp³-hybridized carbons (Fsp3) is 0. The molecule has 0 radical (unpaired) electrons. The Hall–Kier alpha value is -5.08. The molecule has 31 heavy (non-hydrogen) atoms. The largest absolute Gasteiger partial charge is 0.459 e. The molecule has 0 aliphatic carbocycles. The molecule has 3 aromatic rings. The maximum Gasteiger partial charge on any atom is 0.356 e. The summed E-state index contributed by atoms with van der Waals surface area (Å²) in [6.45, 7) is 0. The molecule has 15 nitrogen and oxygen atoms in total. The van der Waals surface area contributed by atoms with E-state index in [2.05, 4.69) is 31.7 Å². The van der Waals surface area contributed by atoms with Gasteiger partial charge in [-0.25, -0.2) is 9.97 Å². The highest BCUT2D eigenvalue weighted by Crippen LogP contribution is 2.28. The Balaban J connectivity index is 1.76. The topological polar surface area (TPSA) is 207 Å². The number of hydrogen-bond donors (Lipinski definition) is 4. The number of carbonyl (C=O) groups is 2. The van der Waals surface area contributed by atoms with Crippen LogP contribution in [0.5, 0.6) is 0 Å². The van der Waals surface area contributed by atoms with Crippen molar-refractivity contribution in [2.24, 2.45) is 0 Å². The number of aromatic nitrogens is 2. The number of anilines is 2. The van der Waals surface area contributed by atoms with Gasteiger partial charge in [-0.2, -0.15) is 0 Å². The van der Waals surface area contributed by atoms with Crippen molar-refractivity contribution in [2.45, 2.75) is 0 Å². The lowest BCUT2D eigenvalue weighted by Gasteiger charge is -2.11. The second-order valence-corrected chi connectivity index (χ2v) is 5.59. The van der Waals surface area contributed by atoms with Crippen molar-refractivity contribution >= 4 is 34.8 Å². The average molecular weight is 428 g/mol. The first-order chi connectivity index (χ1) is 14.9. The molecule has 2 heterocycles. The average Bonchev–Trinajstić information content (AvgIpc) is 3.30. The maximum atomic E-state index is 12.3. The first-order valence-electron chi connectivity index (χ1n) is 8.27. The minimum atomic E-state index is -0.930. The van der Waals surface area contributed by atoms with Crippen molar-refractivity contribution in [3.63, 3.8) is 0 Å². The van der Waals surface area contributed by atoms with E-state index in [1.54, 1.807) is 0 Å². The lowest BCUT2D eigenvalue weighted by atomic mass is 10.2. The van der Waals surface area contributed by atoms with Crippen molar-refractivity contribution in [1.29, 1.82) is 0 Å². The van der Waals surface area contributed by atoms with E-state index in [4.69, 9.17) is 4.42 Å². The third-order valence-electron chi connectivity index (χ3n) is 3.68. The summed E-state index contributed by atoms with van der Waals surface area (Å²) in [6.07, 6.45) is 2.19. The number of rotatable bonds is 8. The van der Waals surface area contributed by atoms with Crippen LogP contribution in [-0.4, -0.2) is 31.6 Å². The summed E-state index contributed by atoms with van der Waals surface area (Å²) in [5.41, 5.74) is 7.32. The van der Waals surface area contributed by atoms with Crippen molar-refractivity contribution in [3.05, 3.63) is 80.5 Å². The zero-order valence-electron chi connectivity index (χ0n) is 15.3. The third kappa shape index (κ3) is 4.67. The predicted molar refractivity (Wildman–Crippen MR) is 103 cm³/mol. The zero-order chi connectivity index (χ0) is 22.4. The van der Waals surface area contributed by atoms with Gasteiger partial charge in [0.2, 0.25) is 11.6 Å². The summed E-state index contributed by atoms with van der Waals surface area (Å²) in [5.74, 6) is -2.55. The van der Waals surface area contributed by atoms with E-state index < -0.39 is 44.7 Å². The van der Waals surface area contributed by atoms with Gasteiger partial charge in [-0.1, -0.05) is 12.1 Å². The molecule has 2 aromatic heterocycles. The second kappa shape index (κ2) is 8.95. The van der Waals surface area contributed by atoms with Crippen molar-refractivity contribution < 1.29 is 23.9 Å². The van der Waals surface area contributed by atoms with Crippen molar-refractivity contribution in [3.8, 4) is 0 Å². The third-order valence-corrected chi connectivity index (χ3v) is 3.68. The van der Waals surface area contributed by atoms with Gasteiger partial charge in [-0.15, -0.1) is 0 Å². The Labute approximate surface area is 171 Å². The van der Waals surface area contributed by atoms with Crippen LogP contribution in [-0.2, 0) is 0 Å². The number of amides is 2. The van der Waals surface area contributed by atoms with Gasteiger partial charge in [0.15, 0.2) is 5.76 Å². The normalized spacial score (nSPS) is 10.1. The van der Waals surface area contributed by atoms with Gasteiger partial charge in [0, 0.05) is 6.07 Å². The Morgan fingerprint density at radius 1 is 0.871 bits per heavy atom. The van der Waals surface area contributed by atoms with E-state index in [0.29, 0.717) is 0 Å². The molecule has 0 aliphatic heterocycles. The molecule has 0 fully saturated rings. The van der Waals surface area contributed by atoms with E-state index in [1.165, 1.54) is 36.6 Å². The lowest BCUT2D eigenvalue weighted by molar-refractivity contribution is -0.385. The summed E-state index contributed by atoms with van der Waals surface area (Å²) in [6, 6.07) is 7.98. The Kier molecular flexibility index (Phi) is 5.96. The molecule has 4 N–H and O–H groups in total. The van der Waals surface area contributed by atoms with E-state index >= 15 is 0 Å². The number of para-hydroxylation sites is 1. The first kappa shape index (κ1) is 20.6. The predicted octanol–water partition coefficient (Wildman–Crippen LogP) is 1.40. The van der Waals surface area contributed by atoms with Gasteiger partial charge in [0.25, 0.3) is 11.6 Å². The summed E-state index contributed by atoms with van der Waals surface area (Å²) in [4.78, 5) is 52.5. The quantitative estimate of drug-likeness (QED) is 0.298. The van der Waals surface area contributed by atoms with Crippen LogP contribution in [0.25, 0.3) is 0 Å². The minimum Gasteiger partial charge on any atom is -0.459 e. The molecule has 1 aromatic carbocycles. The monoisotopic (exact) mass is 428 g/mol. The van der Waals surface area contributed by atoms with Gasteiger partial charge in [0.1, 0.15) is 11.9 Å².